The first-order valence-corrected chi connectivity index (χ1v) is 7.02. The topological polar surface area (TPSA) is 34.2 Å². The van der Waals surface area contributed by atoms with Crippen molar-refractivity contribution >= 4 is 0 Å². The molecule has 20 heavy (non-hydrogen) atoms. The molecule has 1 heterocycles. The van der Waals surface area contributed by atoms with Crippen LogP contribution in [0.5, 0.6) is 5.75 Å². The molecule has 1 unspecified atom stereocenters. The van der Waals surface area contributed by atoms with Gasteiger partial charge in [-0.1, -0.05) is 25.1 Å². The van der Waals surface area contributed by atoms with Crippen LogP contribution in [0, 0.1) is 6.92 Å². The maximum absolute atomic E-state index is 5.19. The predicted molar refractivity (Wildman–Crippen MR) is 81.8 cm³/mol. The molecule has 1 N–H and O–H groups in total. The van der Waals surface area contributed by atoms with Crippen molar-refractivity contribution in [3.63, 3.8) is 0 Å². The second-order valence-electron chi connectivity index (χ2n) is 4.89. The van der Waals surface area contributed by atoms with Gasteiger partial charge < -0.3 is 10.1 Å². The van der Waals surface area contributed by atoms with Crippen LogP contribution in [0.2, 0.25) is 0 Å². The summed E-state index contributed by atoms with van der Waals surface area (Å²) in [5.74, 6) is 0.893. The van der Waals surface area contributed by atoms with Crippen LogP contribution in [0.25, 0.3) is 0 Å². The van der Waals surface area contributed by atoms with Crippen molar-refractivity contribution in [3.8, 4) is 5.75 Å². The Morgan fingerprint density at radius 1 is 1.15 bits per heavy atom. The minimum absolute atomic E-state index is 0.336. The van der Waals surface area contributed by atoms with E-state index in [0.717, 1.165) is 30.1 Å². The molecule has 1 atom stereocenters. The first-order chi connectivity index (χ1) is 9.72. The van der Waals surface area contributed by atoms with Crippen molar-refractivity contribution in [1.82, 2.24) is 10.3 Å². The Morgan fingerprint density at radius 3 is 2.50 bits per heavy atom. The zero-order valence-electron chi connectivity index (χ0n) is 12.4. The van der Waals surface area contributed by atoms with E-state index in [0.29, 0.717) is 6.04 Å². The molecule has 0 spiro atoms. The molecule has 0 aliphatic rings. The number of benzene rings is 1. The summed E-state index contributed by atoms with van der Waals surface area (Å²) in [7, 11) is 1.69. The third kappa shape index (κ3) is 3.81. The van der Waals surface area contributed by atoms with E-state index >= 15 is 0 Å². The summed E-state index contributed by atoms with van der Waals surface area (Å²) >= 11 is 0. The van der Waals surface area contributed by atoms with Crippen LogP contribution in [0.1, 0.15) is 36.3 Å². The minimum atomic E-state index is 0.336. The van der Waals surface area contributed by atoms with E-state index in [2.05, 4.69) is 35.4 Å². The van der Waals surface area contributed by atoms with E-state index in [9.17, 15) is 0 Å². The first-order valence-electron chi connectivity index (χ1n) is 7.02. The van der Waals surface area contributed by atoms with Gasteiger partial charge in [-0.05, 0) is 43.2 Å². The average molecular weight is 270 g/mol. The third-order valence-corrected chi connectivity index (χ3v) is 3.40. The zero-order valence-corrected chi connectivity index (χ0v) is 12.4. The summed E-state index contributed by atoms with van der Waals surface area (Å²) in [6.07, 6.45) is 1.04. The highest BCUT2D eigenvalue weighted by atomic mass is 16.5. The zero-order chi connectivity index (χ0) is 14.4. The second kappa shape index (κ2) is 7.06. The lowest BCUT2D eigenvalue weighted by Gasteiger charge is -2.17. The highest BCUT2D eigenvalue weighted by Gasteiger charge is 2.09. The maximum Gasteiger partial charge on any atom is 0.118 e. The Kier molecular flexibility index (Phi) is 5.13. The molecule has 0 saturated carbocycles. The maximum atomic E-state index is 5.19. The molecule has 0 radical (unpaired) electrons. The lowest BCUT2D eigenvalue weighted by Crippen LogP contribution is -2.20. The van der Waals surface area contributed by atoms with Gasteiger partial charge in [-0.3, -0.25) is 4.98 Å². The molecule has 0 bridgehead atoms. The van der Waals surface area contributed by atoms with Gasteiger partial charge in [0.1, 0.15) is 5.75 Å². The Morgan fingerprint density at radius 2 is 1.90 bits per heavy atom. The van der Waals surface area contributed by atoms with Gasteiger partial charge >= 0.3 is 0 Å². The second-order valence-corrected chi connectivity index (χ2v) is 4.89. The van der Waals surface area contributed by atoms with Crippen LogP contribution < -0.4 is 10.1 Å². The summed E-state index contributed by atoms with van der Waals surface area (Å²) in [6.45, 7) is 4.99. The van der Waals surface area contributed by atoms with Crippen molar-refractivity contribution in [2.75, 3.05) is 7.11 Å². The molecule has 0 aliphatic heterocycles. The lowest BCUT2D eigenvalue weighted by atomic mass is 10.0. The van der Waals surface area contributed by atoms with Gasteiger partial charge in [0.2, 0.25) is 0 Å². The largest absolute Gasteiger partial charge is 0.497 e. The molecule has 2 aromatic rings. The van der Waals surface area contributed by atoms with Gasteiger partial charge in [0.15, 0.2) is 0 Å². The number of pyridine rings is 1. The number of methoxy groups -OCH3 is 1. The first kappa shape index (κ1) is 14.5. The van der Waals surface area contributed by atoms with Crippen molar-refractivity contribution in [2.45, 2.75) is 32.9 Å². The molecule has 2 rings (SSSR count). The van der Waals surface area contributed by atoms with Crippen molar-refractivity contribution in [3.05, 3.63) is 59.4 Å². The van der Waals surface area contributed by atoms with Gasteiger partial charge in [-0.2, -0.15) is 0 Å². The van der Waals surface area contributed by atoms with Gasteiger partial charge in [0.05, 0.1) is 12.8 Å². The standard InChI is InChI=1S/C17H22N2O/c1-4-17(14-8-10-16(20-3)11-9-14)18-12-15-7-5-6-13(2)19-15/h5-11,17-18H,4,12H2,1-3H3. The molecule has 0 fully saturated rings. The SMILES string of the molecule is CCC(NCc1cccc(C)n1)c1ccc(OC)cc1. The van der Waals surface area contributed by atoms with Crippen LogP contribution >= 0.6 is 0 Å². The highest BCUT2D eigenvalue weighted by molar-refractivity contribution is 5.29. The van der Waals surface area contributed by atoms with E-state index in [-0.39, 0.29) is 0 Å². The van der Waals surface area contributed by atoms with Crippen molar-refractivity contribution < 1.29 is 4.74 Å². The molecule has 0 amide bonds. The van der Waals surface area contributed by atoms with Gasteiger partial charge in [-0.25, -0.2) is 0 Å². The predicted octanol–water partition coefficient (Wildman–Crippen LogP) is 3.64. The number of nitrogens with one attached hydrogen (secondary N) is 1. The van der Waals surface area contributed by atoms with E-state index in [1.165, 1.54) is 5.56 Å². The van der Waals surface area contributed by atoms with Crippen LogP contribution in [0.3, 0.4) is 0 Å². The Hall–Kier alpha value is -1.87. The van der Waals surface area contributed by atoms with Gasteiger partial charge in [0.25, 0.3) is 0 Å². The van der Waals surface area contributed by atoms with Crippen LogP contribution in [0.4, 0.5) is 0 Å². The summed E-state index contributed by atoms with van der Waals surface area (Å²) in [5, 5.41) is 3.56. The fraction of sp³-hybridized carbons (Fsp3) is 0.353. The number of ether oxygens (including phenoxy) is 1. The van der Waals surface area contributed by atoms with Crippen LogP contribution in [0.15, 0.2) is 42.5 Å². The van der Waals surface area contributed by atoms with E-state index in [4.69, 9.17) is 4.74 Å². The number of aryl methyl sites for hydroxylation is 1. The smallest absolute Gasteiger partial charge is 0.118 e. The molecule has 3 nitrogen and oxygen atoms in total. The lowest BCUT2D eigenvalue weighted by molar-refractivity contribution is 0.414. The quantitative estimate of drug-likeness (QED) is 0.870. The highest BCUT2D eigenvalue weighted by Crippen LogP contribution is 2.20. The summed E-state index contributed by atoms with van der Waals surface area (Å²) in [5.41, 5.74) is 3.42. The monoisotopic (exact) mass is 270 g/mol. The molecule has 3 heteroatoms. The van der Waals surface area contributed by atoms with Crippen LogP contribution in [-0.2, 0) is 6.54 Å². The number of nitrogens with zero attached hydrogens (tertiary/aromatic N) is 1. The average Bonchev–Trinajstić information content (AvgIpc) is 2.48. The molecule has 106 valence electrons. The number of hydrogen-bond acceptors (Lipinski definition) is 3. The molecule has 0 saturated heterocycles. The fourth-order valence-corrected chi connectivity index (χ4v) is 2.26. The number of hydrogen-bond donors (Lipinski definition) is 1. The Labute approximate surface area is 121 Å². The normalized spacial score (nSPS) is 12.2. The number of rotatable bonds is 6. The van der Waals surface area contributed by atoms with Crippen molar-refractivity contribution in [1.29, 1.82) is 0 Å². The summed E-state index contributed by atoms with van der Waals surface area (Å²) in [6, 6.07) is 14.7. The minimum Gasteiger partial charge on any atom is -0.497 e. The third-order valence-electron chi connectivity index (χ3n) is 3.40. The van der Waals surface area contributed by atoms with E-state index in [1.54, 1.807) is 7.11 Å². The molecular formula is C17H22N2O. The van der Waals surface area contributed by atoms with Gasteiger partial charge in [0, 0.05) is 18.3 Å². The van der Waals surface area contributed by atoms with E-state index < -0.39 is 0 Å². The molecule has 0 aliphatic carbocycles. The van der Waals surface area contributed by atoms with Gasteiger partial charge in [-0.15, -0.1) is 0 Å². The van der Waals surface area contributed by atoms with Crippen LogP contribution in [-0.4, -0.2) is 12.1 Å². The molecular weight excluding hydrogens is 248 g/mol. The fourth-order valence-electron chi connectivity index (χ4n) is 2.26. The van der Waals surface area contributed by atoms with E-state index in [1.807, 2.05) is 31.2 Å². The molecule has 1 aromatic heterocycles. The Balaban J connectivity index is 2.01. The number of aromatic nitrogens is 1. The van der Waals surface area contributed by atoms with Crippen molar-refractivity contribution in [2.24, 2.45) is 0 Å². The summed E-state index contributed by atoms with van der Waals surface area (Å²) in [4.78, 5) is 4.52. The Bertz CT molecular complexity index is 537. The summed E-state index contributed by atoms with van der Waals surface area (Å²) < 4.78 is 5.19. The molecule has 1 aromatic carbocycles.